The third-order valence-electron chi connectivity index (χ3n) is 4.48. The van der Waals surface area contributed by atoms with Crippen LogP contribution in [0.15, 0.2) is 54.6 Å². The van der Waals surface area contributed by atoms with Gasteiger partial charge in [-0.2, -0.15) is 13.2 Å². The van der Waals surface area contributed by atoms with E-state index < -0.39 is 41.5 Å². The predicted molar refractivity (Wildman–Crippen MR) is 101 cm³/mol. The molecule has 1 unspecified atom stereocenters. The largest absolute Gasteiger partial charge is 0.461 e. The molecule has 0 aliphatic carbocycles. The summed E-state index contributed by atoms with van der Waals surface area (Å²) >= 11 is 0. The van der Waals surface area contributed by atoms with Crippen LogP contribution in [0.3, 0.4) is 0 Å². The summed E-state index contributed by atoms with van der Waals surface area (Å²) in [7, 11) is 0. The molecule has 0 amide bonds. The Labute approximate surface area is 166 Å². The predicted octanol–water partition coefficient (Wildman–Crippen LogP) is 5.38. The Morgan fingerprint density at radius 3 is 2.38 bits per heavy atom. The van der Waals surface area contributed by atoms with Crippen molar-refractivity contribution in [2.75, 3.05) is 0 Å². The molecule has 29 heavy (non-hydrogen) atoms. The average molecular weight is 410 g/mol. The zero-order valence-electron chi connectivity index (χ0n) is 16.0. The number of hydrogen-bond acceptors (Lipinski definition) is 3. The van der Waals surface area contributed by atoms with Gasteiger partial charge in [0.1, 0.15) is 12.4 Å². The van der Waals surface area contributed by atoms with Gasteiger partial charge in [0.15, 0.2) is 0 Å². The van der Waals surface area contributed by atoms with Crippen molar-refractivity contribution in [3.8, 4) is 0 Å². The second-order valence-corrected chi connectivity index (χ2v) is 7.07. The molecule has 1 N–H and O–H groups in total. The molecule has 0 bridgehead atoms. The highest BCUT2D eigenvalue weighted by Gasteiger charge is 2.33. The molecule has 3 nitrogen and oxygen atoms in total. The summed E-state index contributed by atoms with van der Waals surface area (Å²) in [6.45, 7) is 3.35. The Bertz CT molecular complexity index is 860. The Morgan fingerprint density at radius 2 is 1.79 bits per heavy atom. The molecule has 0 saturated heterocycles. The SMILES string of the molecule is CC(C)C(O)(C=Cc1cc(F)cc(C(F)(F)F)c1)CC(=O)OCc1ccccc1. The van der Waals surface area contributed by atoms with Crippen molar-refractivity contribution in [3.05, 3.63) is 77.1 Å². The number of rotatable bonds is 7. The first kappa shape index (κ1) is 22.6. The third-order valence-corrected chi connectivity index (χ3v) is 4.48. The van der Waals surface area contributed by atoms with Crippen LogP contribution in [-0.2, 0) is 22.3 Å². The van der Waals surface area contributed by atoms with Crippen molar-refractivity contribution >= 4 is 12.0 Å². The Morgan fingerprint density at radius 1 is 1.14 bits per heavy atom. The van der Waals surface area contributed by atoms with Crippen molar-refractivity contribution in [1.29, 1.82) is 0 Å². The number of aliphatic hydroxyl groups is 1. The minimum atomic E-state index is -4.69. The fourth-order valence-electron chi connectivity index (χ4n) is 2.59. The lowest BCUT2D eigenvalue weighted by atomic mass is 9.86. The number of esters is 1. The van der Waals surface area contributed by atoms with E-state index in [-0.39, 0.29) is 12.2 Å². The molecule has 0 fully saturated rings. The van der Waals surface area contributed by atoms with E-state index in [0.717, 1.165) is 17.7 Å². The number of benzene rings is 2. The molecule has 0 radical (unpaired) electrons. The minimum Gasteiger partial charge on any atom is -0.461 e. The van der Waals surface area contributed by atoms with Gasteiger partial charge in [0.2, 0.25) is 0 Å². The second-order valence-electron chi connectivity index (χ2n) is 7.07. The van der Waals surface area contributed by atoms with Crippen molar-refractivity contribution in [2.24, 2.45) is 5.92 Å². The molecule has 156 valence electrons. The van der Waals surface area contributed by atoms with E-state index >= 15 is 0 Å². The highest BCUT2D eigenvalue weighted by atomic mass is 19.4. The molecule has 2 rings (SSSR count). The zero-order chi connectivity index (χ0) is 21.7. The minimum absolute atomic E-state index is 0.0381. The number of alkyl halides is 3. The molecule has 0 saturated carbocycles. The van der Waals surface area contributed by atoms with Crippen LogP contribution >= 0.6 is 0 Å². The first-order valence-electron chi connectivity index (χ1n) is 8.98. The fraction of sp³-hybridized carbons (Fsp3) is 0.318. The van der Waals surface area contributed by atoms with Crippen LogP contribution in [0.4, 0.5) is 17.6 Å². The first-order chi connectivity index (χ1) is 13.5. The maximum Gasteiger partial charge on any atom is 0.416 e. The summed E-state index contributed by atoms with van der Waals surface area (Å²) in [6.07, 6.45) is -2.71. The van der Waals surface area contributed by atoms with E-state index in [4.69, 9.17) is 4.74 Å². The fourth-order valence-corrected chi connectivity index (χ4v) is 2.59. The van der Waals surface area contributed by atoms with Crippen LogP contribution < -0.4 is 0 Å². The van der Waals surface area contributed by atoms with Gasteiger partial charge in [-0.25, -0.2) is 4.39 Å². The third kappa shape index (κ3) is 6.71. The zero-order valence-corrected chi connectivity index (χ0v) is 16.0. The van der Waals surface area contributed by atoms with E-state index in [9.17, 15) is 27.5 Å². The molecule has 1 atom stereocenters. The summed E-state index contributed by atoms with van der Waals surface area (Å²) in [5.74, 6) is -2.15. The molecule has 2 aromatic rings. The van der Waals surface area contributed by atoms with Gasteiger partial charge in [0, 0.05) is 0 Å². The van der Waals surface area contributed by atoms with Crippen molar-refractivity contribution in [3.63, 3.8) is 0 Å². The topological polar surface area (TPSA) is 46.5 Å². The van der Waals surface area contributed by atoms with E-state index in [1.54, 1.807) is 38.1 Å². The lowest BCUT2D eigenvalue weighted by Gasteiger charge is -2.28. The van der Waals surface area contributed by atoms with Gasteiger partial charge in [0.05, 0.1) is 17.6 Å². The number of ether oxygens (including phenoxy) is 1. The molecule has 0 aromatic heterocycles. The monoisotopic (exact) mass is 410 g/mol. The standard InChI is InChI=1S/C22H22F4O3/c1-15(2)21(28,13-20(27)29-14-16-6-4-3-5-7-16)9-8-17-10-18(22(24,25)26)12-19(23)11-17/h3-12,15,28H,13-14H2,1-2H3. The van der Waals surface area contributed by atoms with E-state index in [1.807, 2.05) is 6.07 Å². The molecule has 0 aliphatic rings. The van der Waals surface area contributed by atoms with Crippen molar-refractivity contribution in [1.82, 2.24) is 0 Å². The Balaban J connectivity index is 2.13. The van der Waals surface area contributed by atoms with Crippen molar-refractivity contribution < 1.29 is 32.2 Å². The summed E-state index contributed by atoms with van der Waals surface area (Å²) in [5, 5.41) is 10.8. The van der Waals surface area contributed by atoms with Gasteiger partial charge in [0.25, 0.3) is 0 Å². The summed E-state index contributed by atoms with van der Waals surface area (Å²) in [4.78, 5) is 12.2. The Hall–Kier alpha value is -2.67. The average Bonchev–Trinajstić information content (AvgIpc) is 2.64. The van der Waals surface area contributed by atoms with Gasteiger partial charge in [-0.05, 0) is 35.2 Å². The van der Waals surface area contributed by atoms with Crippen LogP contribution in [0.5, 0.6) is 0 Å². The van der Waals surface area contributed by atoms with E-state index in [1.165, 1.54) is 12.2 Å². The molecule has 0 aliphatic heterocycles. The summed E-state index contributed by atoms with van der Waals surface area (Å²) in [5.41, 5.74) is -2.09. The lowest BCUT2D eigenvalue weighted by molar-refractivity contribution is -0.150. The highest BCUT2D eigenvalue weighted by Crippen LogP contribution is 2.31. The smallest absolute Gasteiger partial charge is 0.416 e. The first-order valence-corrected chi connectivity index (χ1v) is 8.98. The lowest BCUT2D eigenvalue weighted by Crippen LogP contribution is -2.35. The number of halogens is 4. The number of carbonyl (C=O) groups is 1. The normalized spacial score (nSPS) is 14.2. The van der Waals surface area contributed by atoms with Gasteiger partial charge >= 0.3 is 12.1 Å². The molecule has 2 aromatic carbocycles. The summed E-state index contributed by atoms with van der Waals surface area (Å²) in [6, 6.07) is 11.1. The highest BCUT2D eigenvalue weighted by molar-refractivity contribution is 5.71. The molecule has 0 spiro atoms. The van der Waals surface area contributed by atoms with Gasteiger partial charge in [-0.1, -0.05) is 56.3 Å². The van der Waals surface area contributed by atoms with E-state index in [0.29, 0.717) is 6.07 Å². The number of carbonyl (C=O) groups excluding carboxylic acids is 1. The molecular formula is C22H22F4O3. The van der Waals surface area contributed by atoms with Gasteiger partial charge < -0.3 is 9.84 Å². The van der Waals surface area contributed by atoms with E-state index in [2.05, 4.69) is 0 Å². The maximum absolute atomic E-state index is 13.5. The van der Waals surface area contributed by atoms with Gasteiger partial charge in [-0.15, -0.1) is 0 Å². The van der Waals surface area contributed by atoms with Crippen LogP contribution in [0.2, 0.25) is 0 Å². The quantitative estimate of drug-likeness (QED) is 0.493. The molecule has 7 heteroatoms. The molecular weight excluding hydrogens is 388 g/mol. The van der Waals surface area contributed by atoms with Crippen LogP contribution in [0, 0.1) is 11.7 Å². The van der Waals surface area contributed by atoms with Gasteiger partial charge in [-0.3, -0.25) is 4.79 Å². The van der Waals surface area contributed by atoms with Crippen molar-refractivity contribution in [2.45, 2.75) is 38.7 Å². The second kappa shape index (κ2) is 9.22. The Kier molecular flexibility index (Phi) is 7.19. The van der Waals surface area contributed by atoms with Crippen LogP contribution in [0.25, 0.3) is 6.08 Å². The number of hydrogen-bond donors (Lipinski definition) is 1. The van der Waals surface area contributed by atoms with Crippen LogP contribution in [0.1, 0.15) is 37.0 Å². The molecule has 0 heterocycles. The van der Waals surface area contributed by atoms with Crippen LogP contribution in [-0.4, -0.2) is 16.7 Å². The maximum atomic E-state index is 13.5. The summed E-state index contributed by atoms with van der Waals surface area (Å²) < 4.78 is 57.2.